The zero-order valence-corrected chi connectivity index (χ0v) is 28.7. The van der Waals surface area contributed by atoms with Crippen LogP contribution in [0.5, 0.6) is 0 Å². The van der Waals surface area contributed by atoms with Gasteiger partial charge in [0.25, 0.3) is 0 Å². The fourth-order valence-electron chi connectivity index (χ4n) is 4.36. The molecule has 0 N–H and O–H groups in total. The summed E-state index contributed by atoms with van der Waals surface area (Å²) in [5.74, 6) is 0. The molecule has 0 aliphatic heterocycles. The van der Waals surface area contributed by atoms with Crippen molar-refractivity contribution in [3.8, 4) is 0 Å². The topological polar surface area (TPSA) is 0 Å². The van der Waals surface area contributed by atoms with Gasteiger partial charge in [-0.15, -0.1) is 0 Å². The van der Waals surface area contributed by atoms with Crippen LogP contribution < -0.4 is 31.8 Å². The molecule has 6 aromatic carbocycles. The first kappa shape index (κ1) is 34.1. The third kappa shape index (κ3) is 10.4. The Morgan fingerprint density at radius 3 is 0.524 bits per heavy atom. The Kier molecular flexibility index (Phi) is 16.0. The van der Waals surface area contributed by atoms with Gasteiger partial charge >= 0.3 is 21.1 Å². The molecule has 0 saturated heterocycles. The van der Waals surface area contributed by atoms with E-state index < -0.39 is 15.8 Å². The Bertz CT molecular complexity index is 1200. The van der Waals surface area contributed by atoms with Gasteiger partial charge in [0.05, 0.1) is 0 Å². The summed E-state index contributed by atoms with van der Waals surface area (Å²) in [6, 6.07) is 64.7. The van der Waals surface area contributed by atoms with Gasteiger partial charge in [0.1, 0.15) is 0 Å². The number of hydrogen-bond donors (Lipinski definition) is 0. The molecule has 0 fully saturated rings. The van der Waals surface area contributed by atoms with Crippen molar-refractivity contribution >= 4 is 72.9 Å². The molecule has 42 heavy (non-hydrogen) atoms. The minimum absolute atomic E-state index is 0. The molecule has 0 amide bonds. The monoisotopic (exact) mass is 797 g/mol. The van der Waals surface area contributed by atoms with E-state index in [0.29, 0.717) is 5.08 Å². The van der Waals surface area contributed by atoms with Crippen LogP contribution in [-0.2, 0) is 46.3 Å². The van der Waals surface area contributed by atoms with Crippen molar-refractivity contribution in [1.29, 1.82) is 0 Å². The Morgan fingerprint density at radius 1 is 0.286 bits per heavy atom. The molecule has 0 unspecified atom stereocenters. The van der Waals surface area contributed by atoms with Crippen LogP contribution in [0.1, 0.15) is 0 Å². The van der Waals surface area contributed by atoms with Gasteiger partial charge < -0.3 is 30.3 Å². The molecule has 6 aromatic rings. The van der Waals surface area contributed by atoms with Gasteiger partial charge in [-0.2, -0.15) is 0 Å². The van der Waals surface area contributed by atoms with E-state index in [4.69, 9.17) is 0 Å². The maximum atomic E-state index is 4.21. The van der Waals surface area contributed by atoms with Crippen LogP contribution in [0.15, 0.2) is 182 Å². The zero-order chi connectivity index (χ0) is 28.5. The summed E-state index contributed by atoms with van der Waals surface area (Å²) in [6.45, 7) is 0. The number of benzene rings is 6. The second-order valence-corrected chi connectivity index (χ2v) is 14.2. The Morgan fingerprint density at radius 2 is 0.405 bits per heavy atom. The van der Waals surface area contributed by atoms with E-state index in [-0.39, 0.29) is 21.1 Å². The Labute approximate surface area is 279 Å². The fraction of sp³-hybridized carbons (Fsp3) is 0.0270. The third-order valence-electron chi connectivity index (χ3n) is 6.09. The van der Waals surface area contributed by atoms with Gasteiger partial charge in [-0.05, 0) is 47.7 Å². The predicted molar refractivity (Wildman–Crippen MR) is 190 cm³/mol. The Hall–Kier alpha value is -2.43. The van der Waals surface area contributed by atoms with Gasteiger partial charge in [-0.1, -0.05) is 182 Å². The number of rotatable bonds is 6. The van der Waals surface area contributed by atoms with Gasteiger partial charge in [0.15, 0.2) is 0 Å². The molecular formula is C37H32P2PtS2. The zero-order valence-electron chi connectivity index (χ0n) is 23.1. The average Bonchev–Trinajstić information content (AvgIpc) is 3.05. The van der Waals surface area contributed by atoms with Gasteiger partial charge in [-0.25, -0.2) is 0 Å². The molecule has 0 atom stereocenters. The maximum absolute atomic E-state index is 4.21. The maximum Gasteiger partial charge on any atom is 2.00 e. The SMILES string of the molecule is [Pt+2].[S-]C[S-].c1ccc(P(c2ccccc2)c2ccccc2)cc1.c1ccc(P(c2ccccc2)c2ccccc2)cc1. The molecule has 0 aromatic heterocycles. The first-order valence-corrected chi connectivity index (χ1v) is 17.2. The molecule has 0 bridgehead atoms. The minimum atomic E-state index is -0.446. The molecular weight excluding hydrogens is 766 g/mol. The van der Waals surface area contributed by atoms with Crippen molar-refractivity contribution in [1.82, 2.24) is 0 Å². The fourth-order valence-corrected chi connectivity index (χ4v) is 8.97. The summed E-state index contributed by atoms with van der Waals surface area (Å²) in [5, 5.41) is 8.80. The van der Waals surface area contributed by atoms with Crippen LogP contribution in [0.3, 0.4) is 0 Å². The van der Waals surface area contributed by atoms with Crippen LogP contribution in [0, 0.1) is 0 Å². The van der Waals surface area contributed by atoms with Gasteiger partial charge in [-0.3, -0.25) is 0 Å². The second kappa shape index (κ2) is 19.7. The van der Waals surface area contributed by atoms with Crippen molar-refractivity contribution in [2.45, 2.75) is 0 Å². The Balaban J connectivity index is 0.000000207. The predicted octanol–water partition coefficient (Wildman–Crippen LogP) is 6.92. The molecule has 6 rings (SSSR count). The van der Waals surface area contributed by atoms with E-state index in [1.54, 1.807) is 0 Å². The van der Waals surface area contributed by atoms with Crippen molar-refractivity contribution in [2.75, 3.05) is 5.08 Å². The van der Waals surface area contributed by atoms with Crippen molar-refractivity contribution < 1.29 is 21.1 Å². The summed E-state index contributed by atoms with van der Waals surface area (Å²) in [5.41, 5.74) is 0. The van der Waals surface area contributed by atoms with E-state index >= 15 is 0 Å². The summed E-state index contributed by atoms with van der Waals surface area (Å²) in [6.07, 6.45) is 0. The smallest absolute Gasteiger partial charge is 0.818 e. The summed E-state index contributed by atoms with van der Waals surface area (Å²) in [4.78, 5) is 0. The van der Waals surface area contributed by atoms with E-state index in [2.05, 4.69) is 207 Å². The first-order valence-electron chi connectivity index (χ1n) is 13.4. The summed E-state index contributed by atoms with van der Waals surface area (Å²) < 4.78 is 0. The largest absolute Gasteiger partial charge is 2.00 e. The normalized spacial score (nSPS) is 10.0. The molecule has 0 heterocycles. The molecule has 0 spiro atoms. The van der Waals surface area contributed by atoms with E-state index in [0.717, 1.165) is 0 Å². The quantitative estimate of drug-likeness (QED) is 0.133. The summed E-state index contributed by atoms with van der Waals surface area (Å²) >= 11 is 8.42. The minimum Gasteiger partial charge on any atom is -0.818 e. The average molecular weight is 798 g/mol. The van der Waals surface area contributed by atoms with Crippen LogP contribution in [-0.4, -0.2) is 5.08 Å². The van der Waals surface area contributed by atoms with Gasteiger partial charge in [0, 0.05) is 0 Å². The van der Waals surface area contributed by atoms with Crippen LogP contribution in [0.4, 0.5) is 0 Å². The van der Waals surface area contributed by atoms with E-state index in [9.17, 15) is 0 Å². The van der Waals surface area contributed by atoms with E-state index in [1.165, 1.54) is 31.8 Å². The summed E-state index contributed by atoms with van der Waals surface area (Å²) in [7, 11) is -0.892. The molecule has 0 saturated carbocycles. The number of hydrogen-bond acceptors (Lipinski definition) is 2. The molecule has 212 valence electrons. The molecule has 0 aliphatic rings. The second-order valence-electron chi connectivity index (χ2n) is 8.80. The molecule has 5 heteroatoms. The van der Waals surface area contributed by atoms with Crippen LogP contribution in [0.25, 0.3) is 0 Å². The molecule has 0 aliphatic carbocycles. The standard InChI is InChI=1S/2C18H15P.CH4S2.Pt/c2*1-4-10-16(11-5-1)19(17-12-6-2-7-13-17)18-14-8-3-9-15-18;2-1-3;/h2*1-15H;2-3H,1H2;/q;;;+2/p-2. The molecule has 0 nitrogen and oxygen atoms in total. The molecule has 0 radical (unpaired) electrons. The third-order valence-corrected chi connectivity index (χ3v) is 11.0. The van der Waals surface area contributed by atoms with Gasteiger partial charge in [0.2, 0.25) is 0 Å². The van der Waals surface area contributed by atoms with Crippen molar-refractivity contribution in [2.24, 2.45) is 0 Å². The van der Waals surface area contributed by atoms with E-state index in [1.807, 2.05) is 0 Å². The van der Waals surface area contributed by atoms with Crippen LogP contribution in [0.2, 0.25) is 0 Å². The first-order chi connectivity index (χ1) is 20.3. The van der Waals surface area contributed by atoms with Crippen LogP contribution >= 0.6 is 15.8 Å². The van der Waals surface area contributed by atoms with Crippen molar-refractivity contribution in [3.05, 3.63) is 182 Å². The van der Waals surface area contributed by atoms with Crippen molar-refractivity contribution in [3.63, 3.8) is 0 Å².